The topological polar surface area (TPSA) is 37.4 Å². The highest BCUT2D eigenvalue weighted by Crippen LogP contribution is 1.85. The van der Waals surface area contributed by atoms with E-state index < -0.39 is 0 Å². The van der Waals surface area contributed by atoms with Crippen LogP contribution in [-0.4, -0.2) is 30.2 Å². The monoisotopic (exact) mass is 153 g/mol. The molecule has 0 radical (unpaired) electrons. The second kappa shape index (κ2) is 5.48. The normalized spacial score (nSPS) is 7.82. The van der Waals surface area contributed by atoms with Crippen molar-refractivity contribution in [1.29, 1.82) is 0 Å². The van der Waals surface area contributed by atoms with Crippen molar-refractivity contribution in [2.24, 2.45) is 0 Å². The van der Waals surface area contributed by atoms with Crippen LogP contribution < -0.4 is 0 Å². The van der Waals surface area contributed by atoms with Crippen LogP contribution in [0.5, 0.6) is 0 Å². The quantitative estimate of drug-likeness (QED) is 0.415. The maximum Gasteiger partial charge on any atom is 0.298 e. The minimum Gasteiger partial charge on any atom is -0.332 e. The van der Waals surface area contributed by atoms with E-state index in [1.807, 2.05) is 13.8 Å². The van der Waals surface area contributed by atoms with Crippen LogP contribution in [0.25, 0.3) is 0 Å². The minimum atomic E-state index is -0.290. The number of amides is 1. The molecule has 0 aromatic carbocycles. The van der Waals surface area contributed by atoms with Gasteiger partial charge in [-0.1, -0.05) is 0 Å². The van der Waals surface area contributed by atoms with E-state index >= 15 is 0 Å². The van der Waals surface area contributed by atoms with Crippen molar-refractivity contribution in [2.45, 2.75) is 13.8 Å². The van der Waals surface area contributed by atoms with Crippen LogP contribution in [0, 0.1) is 11.8 Å². The molecule has 3 heteroatoms. The fraction of sp³-hybridized carbons (Fsp3) is 0.500. The summed E-state index contributed by atoms with van der Waals surface area (Å²) in [4.78, 5) is 22.3. The van der Waals surface area contributed by atoms with Crippen molar-refractivity contribution in [3.8, 4) is 11.8 Å². The van der Waals surface area contributed by atoms with Crippen LogP contribution in [0.4, 0.5) is 0 Å². The molecule has 0 fully saturated rings. The molecule has 0 saturated heterocycles. The van der Waals surface area contributed by atoms with Gasteiger partial charge in [-0.2, -0.15) is 0 Å². The zero-order chi connectivity index (χ0) is 8.69. The maximum atomic E-state index is 11.0. The number of hydrogen-bond donors (Lipinski definition) is 0. The van der Waals surface area contributed by atoms with Gasteiger partial charge in [0.05, 0.1) is 0 Å². The van der Waals surface area contributed by atoms with Gasteiger partial charge in [-0.3, -0.25) is 9.59 Å². The van der Waals surface area contributed by atoms with Crippen LogP contribution in [0.3, 0.4) is 0 Å². The largest absolute Gasteiger partial charge is 0.332 e. The smallest absolute Gasteiger partial charge is 0.298 e. The van der Waals surface area contributed by atoms with Gasteiger partial charge in [-0.15, -0.1) is 0 Å². The summed E-state index contributed by atoms with van der Waals surface area (Å²) in [6, 6.07) is 0. The first-order valence-electron chi connectivity index (χ1n) is 3.50. The molecule has 0 N–H and O–H groups in total. The van der Waals surface area contributed by atoms with E-state index in [1.54, 1.807) is 4.90 Å². The van der Waals surface area contributed by atoms with E-state index in [1.165, 1.54) is 0 Å². The van der Waals surface area contributed by atoms with Gasteiger partial charge in [0.2, 0.25) is 0 Å². The lowest BCUT2D eigenvalue weighted by atomic mass is 10.4. The molecule has 11 heavy (non-hydrogen) atoms. The SMILES string of the molecule is CCN(CC)C(=O)C#CC=O. The zero-order valence-electron chi connectivity index (χ0n) is 6.76. The van der Waals surface area contributed by atoms with Crippen molar-refractivity contribution in [3.05, 3.63) is 0 Å². The number of carbonyl (C=O) groups is 2. The summed E-state index contributed by atoms with van der Waals surface area (Å²) < 4.78 is 0. The minimum absolute atomic E-state index is 0.290. The van der Waals surface area contributed by atoms with Crippen LogP contribution in [-0.2, 0) is 9.59 Å². The molecule has 0 aromatic rings. The van der Waals surface area contributed by atoms with Crippen molar-refractivity contribution in [1.82, 2.24) is 4.90 Å². The Labute approximate surface area is 66.4 Å². The van der Waals surface area contributed by atoms with Crippen LogP contribution in [0.1, 0.15) is 13.8 Å². The zero-order valence-corrected chi connectivity index (χ0v) is 6.76. The Hall–Kier alpha value is -1.30. The highest BCUT2D eigenvalue weighted by molar-refractivity contribution is 5.97. The highest BCUT2D eigenvalue weighted by Gasteiger charge is 2.03. The predicted molar refractivity (Wildman–Crippen MR) is 41.8 cm³/mol. The van der Waals surface area contributed by atoms with Gasteiger partial charge in [0, 0.05) is 19.0 Å². The summed E-state index contributed by atoms with van der Waals surface area (Å²) in [5, 5.41) is 0. The predicted octanol–water partition coefficient (Wildman–Crippen LogP) is 0.0571. The summed E-state index contributed by atoms with van der Waals surface area (Å²) in [6.45, 7) is 4.99. The Bertz CT molecular complexity index is 196. The summed E-state index contributed by atoms with van der Waals surface area (Å²) in [5.74, 6) is 3.99. The van der Waals surface area contributed by atoms with E-state index in [2.05, 4.69) is 11.8 Å². The van der Waals surface area contributed by atoms with Crippen molar-refractivity contribution >= 4 is 12.2 Å². The van der Waals surface area contributed by atoms with Crippen LogP contribution in [0.2, 0.25) is 0 Å². The lowest BCUT2D eigenvalue weighted by Gasteiger charge is -2.13. The fourth-order valence-electron chi connectivity index (χ4n) is 0.681. The van der Waals surface area contributed by atoms with Crippen LogP contribution in [0.15, 0.2) is 0 Å². The molecule has 3 nitrogen and oxygen atoms in total. The molecule has 0 aliphatic rings. The Balaban J connectivity index is 4.09. The fourth-order valence-corrected chi connectivity index (χ4v) is 0.681. The molecule has 0 unspecified atom stereocenters. The number of carbonyl (C=O) groups excluding carboxylic acids is 2. The Morgan fingerprint density at radius 3 is 2.36 bits per heavy atom. The first-order valence-corrected chi connectivity index (χ1v) is 3.50. The van der Waals surface area contributed by atoms with Gasteiger partial charge in [0.25, 0.3) is 5.91 Å². The molecule has 0 rings (SSSR count). The molecule has 0 saturated carbocycles. The Kier molecular flexibility index (Phi) is 4.83. The molecule has 0 atom stereocenters. The van der Waals surface area contributed by atoms with Gasteiger partial charge in [-0.25, -0.2) is 0 Å². The third-order valence-electron chi connectivity index (χ3n) is 1.29. The van der Waals surface area contributed by atoms with Crippen molar-refractivity contribution < 1.29 is 9.59 Å². The lowest BCUT2D eigenvalue weighted by Crippen LogP contribution is -2.29. The summed E-state index contributed by atoms with van der Waals surface area (Å²) in [7, 11) is 0. The van der Waals surface area contributed by atoms with Crippen molar-refractivity contribution in [2.75, 3.05) is 13.1 Å². The van der Waals surface area contributed by atoms with Gasteiger partial charge < -0.3 is 4.90 Å². The van der Waals surface area contributed by atoms with Crippen molar-refractivity contribution in [3.63, 3.8) is 0 Å². The molecule has 0 heterocycles. The first-order chi connectivity index (χ1) is 5.26. The second-order valence-electron chi connectivity index (χ2n) is 1.86. The number of rotatable bonds is 2. The number of hydrogen-bond acceptors (Lipinski definition) is 2. The number of aldehydes is 1. The molecular weight excluding hydrogens is 142 g/mol. The molecule has 0 spiro atoms. The van der Waals surface area contributed by atoms with Gasteiger partial charge in [-0.05, 0) is 19.8 Å². The maximum absolute atomic E-state index is 11.0. The average Bonchev–Trinajstić information content (AvgIpc) is 2.03. The molecule has 60 valence electrons. The molecule has 0 aromatic heterocycles. The Morgan fingerprint density at radius 2 is 2.00 bits per heavy atom. The average molecular weight is 153 g/mol. The van der Waals surface area contributed by atoms with E-state index in [0.717, 1.165) is 0 Å². The highest BCUT2D eigenvalue weighted by atomic mass is 16.2. The van der Waals surface area contributed by atoms with E-state index in [9.17, 15) is 9.59 Å². The summed E-state index contributed by atoms with van der Waals surface area (Å²) in [6.07, 6.45) is 0.418. The molecule has 1 amide bonds. The van der Waals surface area contributed by atoms with Crippen LogP contribution >= 0.6 is 0 Å². The van der Waals surface area contributed by atoms with E-state index in [4.69, 9.17) is 0 Å². The number of nitrogens with zero attached hydrogens (tertiary/aromatic N) is 1. The van der Waals surface area contributed by atoms with Gasteiger partial charge in [0.1, 0.15) is 0 Å². The van der Waals surface area contributed by atoms with Gasteiger partial charge in [0.15, 0.2) is 6.29 Å². The summed E-state index contributed by atoms with van der Waals surface area (Å²) in [5.41, 5.74) is 0. The second-order valence-corrected chi connectivity index (χ2v) is 1.86. The molecular formula is C8H11NO2. The third-order valence-corrected chi connectivity index (χ3v) is 1.29. The first kappa shape index (κ1) is 9.70. The lowest BCUT2D eigenvalue weighted by molar-refractivity contribution is -0.124. The molecule has 0 aliphatic heterocycles. The molecule has 0 aliphatic carbocycles. The standard InChI is InChI=1S/C8H11NO2/c1-3-9(4-2)8(11)6-5-7-10/h7H,3-4H2,1-2H3. The molecule has 0 bridgehead atoms. The third kappa shape index (κ3) is 3.41. The van der Waals surface area contributed by atoms with E-state index in [-0.39, 0.29) is 5.91 Å². The summed E-state index contributed by atoms with van der Waals surface area (Å²) >= 11 is 0. The Morgan fingerprint density at radius 1 is 1.45 bits per heavy atom. The van der Waals surface area contributed by atoms with Gasteiger partial charge >= 0.3 is 0 Å². The van der Waals surface area contributed by atoms with E-state index in [0.29, 0.717) is 19.4 Å².